The van der Waals surface area contributed by atoms with Crippen molar-refractivity contribution < 1.29 is 9.59 Å². The molecule has 2 amide bonds. The van der Waals surface area contributed by atoms with E-state index in [0.717, 1.165) is 60.7 Å². The minimum absolute atomic E-state index is 0.0149. The normalized spacial score (nSPS) is 18.4. The molecule has 0 aliphatic carbocycles. The highest BCUT2D eigenvalue weighted by molar-refractivity contribution is 5.99. The maximum atomic E-state index is 13.5. The third-order valence-electron chi connectivity index (χ3n) is 6.84. The zero-order valence-electron chi connectivity index (χ0n) is 19.8. The molecule has 1 atom stereocenters. The highest BCUT2D eigenvalue weighted by Crippen LogP contribution is 2.34. The number of carbonyl (C=O) groups excluding carboxylic acids is 2. The second-order valence-corrected chi connectivity index (χ2v) is 9.38. The van der Waals surface area contributed by atoms with Gasteiger partial charge in [-0.15, -0.1) is 0 Å². The molecule has 3 heterocycles. The standard InChI is InChI=1S/C28H30N4O2/c1-19-7-3-8-21(15-19)25-17-29-20(2)30-27(25)23-10-5-13-31(18-23)28(34)22-9-4-11-24(16-22)32-14-6-12-26(32)33/h3-4,7-9,11,15-17,23H,5-6,10,12-14,18H2,1-2H3. The zero-order chi connectivity index (χ0) is 23.7. The Morgan fingerprint density at radius 1 is 1.03 bits per heavy atom. The molecule has 6 nitrogen and oxygen atoms in total. The van der Waals surface area contributed by atoms with E-state index in [0.29, 0.717) is 18.5 Å². The highest BCUT2D eigenvalue weighted by Gasteiger charge is 2.29. The van der Waals surface area contributed by atoms with Gasteiger partial charge in [-0.25, -0.2) is 9.97 Å². The number of hydrogen-bond acceptors (Lipinski definition) is 4. The van der Waals surface area contributed by atoms with Crippen molar-refractivity contribution in [3.63, 3.8) is 0 Å². The first kappa shape index (κ1) is 22.3. The van der Waals surface area contributed by atoms with Crippen LogP contribution in [0.25, 0.3) is 11.1 Å². The van der Waals surface area contributed by atoms with Crippen LogP contribution in [0.5, 0.6) is 0 Å². The van der Waals surface area contributed by atoms with E-state index >= 15 is 0 Å². The SMILES string of the molecule is Cc1cccc(-c2cnc(C)nc2C2CCCN(C(=O)c3cccc(N4CCCC4=O)c3)C2)c1. The van der Waals surface area contributed by atoms with Crippen molar-refractivity contribution in [1.29, 1.82) is 0 Å². The first-order valence-electron chi connectivity index (χ1n) is 12.1. The van der Waals surface area contributed by atoms with Gasteiger partial charge >= 0.3 is 0 Å². The lowest BCUT2D eigenvalue weighted by Crippen LogP contribution is -2.39. The predicted octanol–water partition coefficient (Wildman–Crippen LogP) is 4.91. The molecule has 2 fully saturated rings. The maximum Gasteiger partial charge on any atom is 0.253 e. The number of anilines is 1. The number of likely N-dealkylation sites (tertiary alicyclic amines) is 1. The Hall–Kier alpha value is -3.54. The topological polar surface area (TPSA) is 66.4 Å². The third kappa shape index (κ3) is 4.45. The van der Waals surface area contributed by atoms with Gasteiger partial charge < -0.3 is 9.80 Å². The van der Waals surface area contributed by atoms with Crippen LogP contribution in [-0.2, 0) is 4.79 Å². The van der Waals surface area contributed by atoms with Crippen molar-refractivity contribution >= 4 is 17.5 Å². The molecular weight excluding hydrogens is 424 g/mol. The molecule has 0 radical (unpaired) electrons. The molecule has 6 heteroatoms. The molecule has 1 aromatic heterocycles. The molecule has 0 spiro atoms. The summed E-state index contributed by atoms with van der Waals surface area (Å²) in [6, 6.07) is 15.9. The summed E-state index contributed by atoms with van der Waals surface area (Å²) >= 11 is 0. The Labute approximate surface area is 200 Å². The molecule has 2 saturated heterocycles. The molecular formula is C28H30N4O2. The minimum atomic E-state index is 0.0149. The zero-order valence-corrected chi connectivity index (χ0v) is 19.8. The molecule has 174 valence electrons. The lowest BCUT2D eigenvalue weighted by molar-refractivity contribution is -0.117. The van der Waals surface area contributed by atoms with Crippen LogP contribution in [0.4, 0.5) is 5.69 Å². The van der Waals surface area contributed by atoms with Gasteiger partial charge in [-0.05, 0) is 56.9 Å². The summed E-state index contributed by atoms with van der Waals surface area (Å²) in [4.78, 5) is 38.7. The van der Waals surface area contributed by atoms with E-state index in [4.69, 9.17) is 4.98 Å². The lowest BCUT2D eigenvalue weighted by atomic mass is 9.89. The molecule has 2 aromatic carbocycles. The summed E-state index contributed by atoms with van der Waals surface area (Å²) in [6.45, 7) is 6.08. The minimum Gasteiger partial charge on any atom is -0.338 e. The molecule has 0 bridgehead atoms. The molecule has 3 aromatic rings. The molecule has 1 unspecified atom stereocenters. The monoisotopic (exact) mass is 454 g/mol. The second kappa shape index (κ2) is 9.37. The maximum absolute atomic E-state index is 13.5. The number of amides is 2. The number of piperidine rings is 1. The van der Waals surface area contributed by atoms with Crippen molar-refractivity contribution in [2.75, 3.05) is 24.5 Å². The van der Waals surface area contributed by atoms with Gasteiger partial charge in [0.05, 0.1) is 5.69 Å². The first-order valence-corrected chi connectivity index (χ1v) is 12.1. The van der Waals surface area contributed by atoms with E-state index in [2.05, 4.69) is 36.2 Å². The highest BCUT2D eigenvalue weighted by atomic mass is 16.2. The van der Waals surface area contributed by atoms with E-state index in [1.165, 1.54) is 5.56 Å². The van der Waals surface area contributed by atoms with Gasteiger partial charge in [-0.1, -0.05) is 35.9 Å². The summed E-state index contributed by atoms with van der Waals surface area (Å²) < 4.78 is 0. The van der Waals surface area contributed by atoms with Gasteiger partial charge in [0, 0.05) is 55.0 Å². The smallest absolute Gasteiger partial charge is 0.253 e. The van der Waals surface area contributed by atoms with Crippen LogP contribution in [0, 0.1) is 13.8 Å². The summed E-state index contributed by atoms with van der Waals surface area (Å²) in [7, 11) is 0. The molecule has 0 saturated carbocycles. The second-order valence-electron chi connectivity index (χ2n) is 9.38. The van der Waals surface area contributed by atoms with Crippen molar-refractivity contribution in [3.05, 3.63) is 77.4 Å². The molecule has 34 heavy (non-hydrogen) atoms. The third-order valence-corrected chi connectivity index (χ3v) is 6.84. The van der Waals surface area contributed by atoms with Crippen LogP contribution in [0.1, 0.15) is 59.0 Å². The Morgan fingerprint density at radius 2 is 1.88 bits per heavy atom. The Morgan fingerprint density at radius 3 is 2.68 bits per heavy atom. The Bertz CT molecular complexity index is 1240. The van der Waals surface area contributed by atoms with E-state index < -0.39 is 0 Å². The van der Waals surface area contributed by atoms with Gasteiger partial charge in [0.25, 0.3) is 5.91 Å². The van der Waals surface area contributed by atoms with Crippen LogP contribution in [0.2, 0.25) is 0 Å². The number of aryl methyl sites for hydroxylation is 2. The van der Waals surface area contributed by atoms with Crippen LogP contribution >= 0.6 is 0 Å². The van der Waals surface area contributed by atoms with Gasteiger partial charge in [-0.3, -0.25) is 9.59 Å². The van der Waals surface area contributed by atoms with Crippen LogP contribution in [0.3, 0.4) is 0 Å². The summed E-state index contributed by atoms with van der Waals surface area (Å²) in [6.07, 6.45) is 5.28. The van der Waals surface area contributed by atoms with Crippen LogP contribution in [-0.4, -0.2) is 46.3 Å². The van der Waals surface area contributed by atoms with Gasteiger partial charge in [-0.2, -0.15) is 0 Å². The van der Waals surface area contributed by atoms with Gasteiger partial charge in [0.1, 0.15) is 5.82 Å². The van der Waals surface area contributed by atoms with Gasteiger partial charge in [0.15, 0.2) is 0 Å². The Kier molecular flexibility index (Phi) is 6.14. The Balaban J connectivity index is 1.40. The fraction of sp³-hybridized carbons (Fsp3) is 0.357. The molecule has 2 aliphatic heterocycles. The predicted molar refractivity (Wildman–Crippen MR) is 133 cm³/mol. The van der Waals surface area contributed by atoms with Gasteiger partial charge in [0.2, 0.25) is 5.91 Å². The quantitative estimate of drug-likeness (QED) is 0.562. The number of aromatic nitrogens is 2. The largest absolute Gasteiger partial charge is 0.338 e. The van der Waals surface area contributed by atoms with E-state index in [1.807, 2.05) is 42.3 Å². The molecule has 5 rings (SSSR count). The number of nitrogens with zero attached hydrogens (tertiary/aromatic N) is 4. The lowest BCUT2D eigenvalue weighted by Gasteiger charge is -2.33. The number of carbonyl (C=O) groups is 2. The summed E-state index contributed by atoms with van der Waals surface area (Å²) in [5.41, 5.74) is 5.82. The molecule has 0 N–H and O–H groups in total. The van der Waals surface area contributed by atoms with Crippen molar-refractivity contribution in [2.24, 2.45) is 0 Å². The fourth-order valence-corrected chi connectivity index (χ4v) is 5.13. The summed E-state index contributed by atoms with van der Waals surface area (Å²) in [5.74, 6) is 1.04. The first-order chi connectivity index (χ1) is 16.5. The van der Waals surface area contributed by atoms with Crippen LogP contribution in [0.15, 0.2) is 54.7 Å². The van der Waals surface area contributed by atoms with E-state index in [9.17, 15) is 9.59 Å². The number of benzene rings is 2. The van der Waals surface area contributed by atoms with Crippen molar-refractivity contribution in [3.8, 4) is 11.1 Å². The van der Waals surface area contributed by atoms with Crippen LogP contribution < -0.4 is 4.90 Å². The van der Waals surface area contributed by atoms with Crippen molar-refractivity contribution in [1.82, 2.24) is 14.9 Å². The van der Waals surface area contributed by atoms with E-state index in [1.54, 1.807) is 4.90 Å². The average molecular weight is 455 g/mol. The fourth-order valence-electron chi connectivity index (χ4n) is 5.13. The molecule has 2 aliphatic rings. The van der Waals surface area contributed by atoms with E-state index in [-0.39, 0.29) is 17.7 Å². The number of hydrogen-bond donors (Lipinski definition) is 0. The van der Waals surface area contributed by atoms with Crippen molar-refractivity contribution in [2.45, 2.75) is 45.4 Å². The number of rotatable bonds is 4. The average Bonchev–Trinajstić information content (AvgIpc) is 3.29. The summed E-state index contributed by atoms with van der Waals surface area (Å²) in [5, 5.41) is 0.